The third-order valence-electron chi connectivity index (χ3n) is 4.47. The largest absolute Gasteiger partial charge is 0.480 e. The van der Waals surface area contributed by atoms with Gasteiger partial charge in [-0.05, 0) is 35.9 Å². The van der Waals surface area contributed by atoms with E-state index in [0.29, 0.717) is 13.2 Å². The molecule has 1 aromatic heterocycles. The van der Waals surface area contributed by atoms with Crippen LogP contribution in [0.2, 0.25) is 0 Å². The summed E-state index contributed by atoms with van der Waals surface area (Å²) in [6.07, 6.45) is 3.69. The summed E-state index contributed by atoms with van der Waals surface area (Å²) >= 11 is 0. The van der Waals surface area contributed by atoms with E-state index in [-0.39, 0.29) is 12.6 Å². The highest BCUT2D eigenvalue weighted by Gasteiger charge is 2.22. The van der Waals surface area contributed by atoms with E-state index in [1.54, 1.807) is 11.1 Å². The molecule has 0 bridgehead atoms. The van der Waals surface area contributed by atoms with Crippen molar-refractivity contribution in [3.8, 4) is 11.1 Å². The Kier molecular flexibility index (Phi) is 6.33. The van der Waals surface area contributed by atoms with E-state index in [4.69, 9.17) is 9.84 Å². The molecule has 1 fully saturated rings. The molecule has 1 aliphatic heterocycles. The van der Waals surface area contributed by atoms with Gasteiger partial charge < -0.3 is 9.84 Å². The molecule has 26 heavy (non-hydrogen) atoms. The Balaban J connectivity index is 1.59. The molecule has 1 saturated heterocycles. The minimum atomic E-state index is -0.813. The second-order valence-electron chi connectivity index (χ2n) is 6.76. The molecule has 138 valence electrons. The van der Waals surface area contributed by atoms with Gasteiger partial charge in [-0.2, -0.15) is 0 Å². The van der Waals surface area contributed by atoms with Crippen LogP contribution in [-0.2, 0) is 16.1 Å². The maximum Gasteiger partial charge on any atom is 0.317 e. The fourth-order valence-corrected chi connectivity index (χ4v) is 3.32. The van der Waals surface area contributed by atoms with Gasteiger partial charge in [0.05, 0.1) is 19.3 Å². The van der Waals surface area contributed by atoms with Crippen LogP contribution in [-0.4, -0.2) is 71.8 Å². The molecule has 1 aliphatic rings. The first-order valence-corrected chi connectivity index (χ1v) is 8.84. The summed E-state index contributed by atoms with van der Waals surface area (Å²) in [5.41, 5.74) is 3.54. The molecule has 6 heteroatoms. The monoisotopic (exact) mass is 355 g/mol. The van der Waals surface area contributed by atoms with Gasteiger partial charge >= 0.3 is 5.97 Å². The number of hydrogen-bond acceptors (Lipinski definition) is 5. The normalized spacial score (nSPS) is 18.2. The first kappa shape index (κ1) is 18.5. The number of carbonyl (C=O) groups is 1. The van der Waals surface area contributed by atoms with Crippen molar-refractivity contribution in [1.82, 2.24) is 14.8 Å². The minimum absolute atomic E-state index is 0.0347. The molecular formula is C20H25N3O3. The highest BCUT2D eigenvalue weighted by Crippen LogP contribution is 2.20. The number of nitrogens with zero attached hydrogens (tertiary/aromatic N) is 3. The number of pyridine rings is 1. The standard InChI is InChI=1S/C20H25N3O3/c1-22(15-20(24)25)13-19-14-23(8-9-26-19)12-16-4-2-5-17(10-16)18-6-3-7-21-11-18/h2-7,10-11,19H,8-9,12-15H2,1H3,(H,24,25). The van der Waals surface area contributed by atoms with Crippen LogP contribution >= 0.6 is 0 Å². The molecule has 1 aromatic carbocycles. The lowest BCUT2D eigenvalue weighted by molar-refractivity contribution is -0.138. The zero-order valence-corrected chi connectivity index (χ0v) is 15.0. The molecule has 0 radical (unpaired) electrons. The van der Waals surface area contributed by atoms with E-state index in [9.17, 15) is 4.79 Å². The quantitative estimate of drug-likeness (QED) is 0.819. The average Bonchev–Trinajstić information content (AvgIpc) is 2.62. The smallest absolute Gasteiger partial charge is 0.317 e. The summed E-state index contributed by atoms with van der Waals surface area (Å²) in [6.45, 7) is 3.88. The highest BCUT2D eigenvalue weighted by molar-refractivity contribution is 5.69. The highest BCUT2D eigenvalue weighted by atomic mass is 16.5. The van der Waals surface area contributed by atoms with Crippen LogP contribution in [0.4, 0.5) is 0 Å². The van der Waals surface area contributed by atoms with Gasteiger partial charge in [0.15, 0.2) is 0 Å². The number of hydrogen-bond donors (Lipinski definition) is 1. The molecule has 1 unspecified atom stereocenters. The van der Waals surface area contributed by atoms with Gasteiger partial charge in [0.2, 0.25) is 0 Å². The van der Waals surface area contributed by atoms with Crippen LogP contribution in [0.25, 0.3) is 11.1 Å². The Bertz CT molecular complexity index is 723. The first-order valence-electron chi connectivity index (χ1n) is 8.84. The number of benzene rings is 1. The Morgan fingerprint density at radius 2 is 2.19 bits per heavy atom. The van der Waals surface area contributed by atoms with Gasteiger partial charge in [0, 0.05) is 38.6 Å². The van der Waals surface area contributed by atoms with Crippen molar-refractivity contribution in [3.63, 3.8) is 0 Å². The molecular weight excluding hydrogens is 330 g/mol. The van der Waals surface area contributed by atoms with Crippen LogP contribution in [0.1, 0.15) is 5.56 Å². The fourth-order valence-electron chi connectivity index (χ4n) is 3.32. The van der Waals surface area contributed by atoms with Crippen molar-refractivity contribution < 1.29 is 14.6 Å². The molecule has 0 spiro atoms. The molecule has 2 aromatic rings. The first-order chi connectivity index (χ1) is 12.6. The summed E-state index contributed by atoms with van der Waals surface area (Å²) in [7, 11) is 1.81. The third-order valence-corrected chi connectivity index (χ3v) is 4.47. The number of carboxylic acid groups (broad SMARTS) is 1. The Labute approximate surface area is 154 Å². The van der Waals surface area contributed by atoms with E-state index in [2.05, 4.69) is 40.2 Å². The maximum atomic E-state index is 10.8. The van der Waals surface area contributed by atoms with E-state index in [1.807, 2.05) is 19.3 Å². The van der Waals surface area contributed by atoms with Crippen molar-refractivity contribution in [2.45, 2.75) is 12.6 Å². The molecule has 0 amide bonds. The van der Waals surface area contributed by atoms with E-state index in [1.165, 1.54) is 11.1 Å². The predicted molar refractivity (Wildman–Crippen MR) is 99.8 cm³/mol. The predicted octanol–water partition coefficient (Wildman–Crippen LogP) is 1.97. The SMILES string of the molecule is CN(CC(=O)O)CC1CN(Cc2cccc(-c3cccnc3)c2)CCO1. The minimum Gasteiger partial charge on any atom is -0.480 e. The molecule has 0 saturated carbocycles. The second-order valence-corrected chi connectivity index (χ2v) is 6.76. The Morgan fingerprint density at radius 3 is 2.96 bits per heavy atom. The molecule has 1 atom stereocenters. The van der Waals surface area contributed by atoms with Crippen LogP contribution in [0, 0.1) is 0 Å². The number of ether oxygens (including phenoxy) is 1. The summed E-state index contributed by atoms with van der Waals surface area (Å²) in [4.78, 5) is 19.2. The van der Waals surface area contributed by atoms with Crippen molar-refractivity contribution in [2.75, 3.05) is 39.8 Å². The summed E-state index contributed by atoms with van der Waals surface area (Å²) in [6, 6.07) is 12.5. The molecule has 6 nitrogen and oxygen atoms in total. The second kappa shape index (κ2) is 8.89. The number of aliphatic carboxylic acids is 1. The molecule has 3 rings (SSSR count). The molecule has 1 N–H and O–H groups in total. The summed E-state index contributed by atoms with van der Waals surface area (Å²) in [5, 5.41) is 8.88. The van der Waals surface area contributed by atoms with Gasteiger partial charge in [0.1, 0.15) is 0 Å². The third kappa shape index (κ3) is 5.36. The topological polar surface area (TPSA) is 65.9 Å². The average molecular weight is 355 g/mol. The van der Waals surface area contributed by atoms with E-state index < -0.39 is 5.97 Å². The van der Waals surface area contributed by atoms with Crippen LogP contribution < -0.4 is 0 Å². The van der Waals surface area contributed by atoms with Gasteiger partial charge in [-0.25, -0.2) is 0 Å². The number of aromatic nitrogens is 1. The summed E-state index contributed by atoms with van der Waals surface area (Å²) in [5.74, 6) is -0.813. The van der Waals surface area contributed by atoms with Crippen LogP contribution in [0.15, 0.2) is 48.8 Å². The zero-order valence-electron chi connectivity index (χ0n) is 15.0. The van der Waals surface area contributed by atoms with Gasteiger partial charge in [-0.3, -0.25) is 19.6 Å². The number of rotatable bonds is 7. The van der Waals surface area contributed by atoms with E-state index in [0.717, 1.165) is 25.2 Å². The molecule has 2 heterocycles. The zero-order chi connectivity index (χ0) is 18.4. The fraction of sp³-hybridized carbons (Fsp3) is 0.400. The van der Waals surface area contributed by atoms with Gasteiger partial charge in [0.25, 0.3) is 0 Å². The van der Waals surface area contributed by atoms with E-state index >= 15 is 0 Å². The Morgan fingerprint density at radius 1 is 1.35 bits per heavy atom. The van der Waals surface area contributed by atoms with Gasteiger partial charge in [-0.1, -0.05) is 24.3 Å². The lowest BCUT2D eigenvalue weighted by atomic mass is 10.0. The van der Waals surface area contributed by atoms with Crippen molar-refractivity contribution in [1.29, 1.82) is 0 Å². The lowest BCUT2D eigenvalue weighted by Crippen LogP contribution is -2.47. The number of morpholine rings is 1. The van der Waals surface area contributed by atoms with Crippen molar-refractivity contribution in [3.05, 3.63) is 54.4 Å². The van der Waals surface area contributed by atoms with Crippen LogP contribution in [0.5, 0.6) is 0 Å². The lowest BCUT2D eigenvalue weighted by Gasteiger charge is -2.34. The van der Waals surface area contributed by atoms with Gasteiger partial charge in [-0.15, -0.1) is 0 Å². The number of likely N-dealkylation sites (N-methyl/N-ethyl adjacent to an activating group) is 1. The summed E-state index contributed by atoms with van der Waals surface area (Å²) < 4.78 is 5.81. The Hall–Kier alpha value is -2.28. The maximum absolute atomic E-state index is 10.8. The van der Waals surface area contributed by atoms with Crippen LogP contribution in [0.3, 0.4) is 0 Å². The number of carboxylic acids is 1. The molecule has 0 aliphatic carbocycles. The van der Waals surface area contributed by atoms with Crippen molar-refractivity contribution >= 4 is 5.97 Å². The van der Waals surface area contributed by atoms with Crippen molar-refractivity contribution in [2.24, 2.45) is 0 Å².